The van der Waals surface area contributed by atoms with Gasteiger partial charge in [0, 0.05) is 23.3 Å². The molecule has 0 amide bonds. The molecule has 4 nitrogen and oxygen atoms in total. The highest BCUT2D eigenvalue weighted by molar-refractivity contribution is 6.32. The Bertz CT molecular complexity index is 656. The van der Waals surface area contributed by atoms with Crippen molar-refractivity contribution in [3.05, 3.63) is 34.3 Å². The molecule has 2 N–H and O–H groups in total. The fourth-order valence-electron chi connectivity index (χ4n) is 1.84. The Morgan fingerprint density at radius 2 is 1.40 bits per heavy atom. The lowest BCUT2D eigenvalue weighted by molar-refractivity contribution is 0.404. The van der Waals surface area contributed by atoms with Gasteiger partial charge < -0.3 is 19.7 Å². The Morgan fingerprint density at radius 3 is 2.00 bits per heavy atom. The van der Waals surface area contributed by atoms with Gasteiger partial charge in [0.1, 0.15) is 23.0 Å². The molecule has 0 spiro atoms. The van der Waals surface area contributed by atoms with Crippen LogP contribution < -0.4 is 9.47 Å². The molecule has 0 aliphatic heterocycles. The largest absolute Gasteiger partial charge is 0.507 e. The highest BCUT2D eigenvalue weighted by atomic mass is 35.5. The summed E-state index contributed by atoms with van der Waals surface area (Å²) >= 11 is 11.8. The van der Waals surface area contributed by atoms with E-state index >= 15 is 0 Å². The van der Waals surface area contributed by atoms with Crippen molar-refractivity contribution < 1.29 is 19.7 Å². The van der Waals surface area contributed by atoms with Gasteiger partial charge in [-0.05, 0) is 12.1 Å². The van der Waals surface area contributed by atoms with E-state index in [0.29, 0.717) is 27.6 Å². The summed E-state index contributed by atoms with van der Waals surface area (Å²) in [5.74, 6) is 0.634. The molecule has 20 heavy (non-hydrogen) atoms. The minimum absolute atomic E-state index is 0.0612. The molecule has 106 valence electrons. The maximum absolute atomic E-state index is 10.00. The smallest absolute Gasteiger partial charge is 0.138 e. The normalized spacial score (nSPS) is 10.4. The summed E-state index contributed by atoms with van der Waals surface area (Å²) in [6.45, 7) is 0. The molecule has 0 bridgehead atoms. The Kier molecular flexibility index (Phi) is 4.16. The standard InChI is InChI=1S/C14H12Cl2O4/c1-19-13-6-10(16)14(20-2)4-8(13)7-3-12(18)9(15)5-11(7)17/h3-6,17-18H,1-2H3. The SMILES string of the molecule is COc1cc(-c2cc(O)c(Cl)cc2O)c(OC)cc1Cl. The number of hydrogen-bond donors (Lipinski definition) is 2. The van der Waals surface area contributed by atoms with Gasteiger partial charge in [0.2, 0.25) is 0 Å². The van der Waals surface area contributed by atoms with E-state index in [1.165, 1.54) is 26.4 Å². The molecule has 0 saturated carbocycles. The number of methoxy groups -OCH3 is 2. The zero-order valence-corrected chi connectivity index (χ0v) is 12.3. The maximum atomic E-state index is 10.00. The van der Waals surface area contributed by atoms with Gasteiger partial charge in [-0.25, -0.2) is 0 Å². The number of rotatable bonds is 3. The van der Waals surface area contributed by atoms with E-state index in [1.54, 1.807) is 12.1 Å². The molecule has 0 atom stereocenters. The third-order valence-electron chi connectivity index (χ3n) is 2.83. The van der Waals surface area contributed by atoms with Crippen LogP contribution in [-0.2, 0) is 0 Å². The predicted octanol–water partition coefficient (Wildman–Crippen LogP) is 4.09. The Balaban J connectivity index is 2.71. The fraction of sp³-hybridized carbons (Fsp3) is 0.143. The van der Waals surface area contributed by atoms with Crippen molar-refractivity contribution in [3.63, 3.8) is 0 Å². The molecule has 2 rings (SSSR count). The molecule has 6 heteroatoms. The summed E-state index contributed by atoms with van der Waals surface area (Å²) in [7, 11) is 2.96. The summed E-state index contributed by atoms with van der Waals surface area (Å²) in [5, 5.41) is 20.1. The predicted molar refractivity (Wildman–Crippen MR) is 78.3 cm³/mol. The van der Waals surface area contributed by atoms with Crippen LogP contribution in [0, 0.1) is 0 Å². The second-order valence-electron chi connectivity index (χ2n) is 4.01. The van der Waals surface area contributed by atoms with Crippen LogP contribution in [0.1, 0.15) is 0 Å². The third-order valence-corrected chi connectivity index (χ3v) is 3.43. The van der Waals surface area contributed by atoms with Gasteiger partial charge in [0.15, 0.2) is 0 Å². The first-order valence-corrected chi connectivity index (χ1v) is 6.37. The number of phenolic OH excluding ortho intramolecular Hbond substituents is 2. The number of ether oxygens (including phenoxy) is 2. The van der Waals surface area contributed by atoms with E-state index < -0.39 is 0 Å². The van der Waals surface area contributed by atoms with E-state index in [9.17, 15) is 10.2 Å². The molecule has 0 aliphatic rings. The van der Waals surface area contributed by atoms with Gasteiger partial charge in [-0.2, -0.15) is 0 Å². The monoisotopic (exact) mass is 314 g/mol. The van der Waals surface area contributed by atoms with Gasteiger partial charge >= 0.3 is 0 Å². The van der Waals surface area contributed by atoms with Crippen molar-refractivity contribution in [3.8, 4) is 34.1 Å². The molecule has 2 aromatic rings. The summed E-state index contributed by atoms with van der Waals surface area (Å²) < 4.78 is 10.4. The first-order valence-electron chi connectivity index (χ1n) is 5.61. The molecular weight excluding hydrogens is 303 g/mol. The van der Waals surface area contributed by atoms with Gasteiger partial charge in [-0.3, -0.25) is 0 Å². The first kappa shape index (κ1) is 14.6. The maximum Gasteiger partial charge on any atom is 0.138 e. The summed E-state index contributed by atoms with van der Waals surface area (Å²) in [5.41, 5.74) is 0.886. The van der Waals surface area contributed by atoms with Crippen LogP contribution in [0.15, 0.2) is 24.3 Å². The zero-order valence-electron chi connectivity index (χ0n) is 10.8. The topological polar surface area (TPSA) is 58.9 Å². The number of halogens is 2. The quantitative estimate of drug-likeness (QED) is 0.838. The highest BCUT2D eigenvalue weighted by Crippen LogP contribution is 2.44. The number of phenols is 2. The van der Waals surface area contributed by atoms with E-state index in [2.05, 4.69) is 0 Å². The van der Waals surface area contributed by atoms with E-state index in [0.717, 1.165) is 0 Å². The molecule has 0 fully saturated rings. The summed E-state index contributed by atoms with van der Waals surface area (Å²) in [6.07, 6.45) is 0. The van der Waals surface area contributed by atoms with Gasteiger partial charge in [-0.15, -0.1) is 0 Å². The molecular formula is C14H12Cl2O4. The molecule has 0 aromatic heterocycles. The van der Waals surface area contributed by atoms with Crippen LogP contribution in [0.25, 0.3) is 11.1 Å². The van der Waals surface area contributed by atoms with Crippen molar-refractivity contribution in [2.24, 2.45) is 0 Å². The van der Waals surface area contributed by atoms with Crippen LogP contribution >= 0.6 is 23.2 Å². The summed E-state index contributed by atoms with van der Waals surface area (Å²) in [6, 6.07) is 5.79. The van der Waals surface area contributed by atoms with Crippen molar-refractivity contribution in [1.82, 2.24) is 0 Å². The molecule has 0 aliphatic carbocycles. The number of aromatic hydroxyl groups is 2. The van der Waals surface area contributed by atoms with Crippen LogP contribution in [0.3, 0.4) is 0 Å². The Hall–Kier alpha value is -1.78. The van der Waals surface area contributed by atoms with Crippen molar-refractivity contribution in [2.45, 2.75) is 0 Å². The van der Waals surface area contributed by atoms with Gasteiger partial charge in [-0.1, -0.05) is 23.2 Å². The van der Waals surface area contributed by atoms with Crippen LogP contribution in [0.5, 0.6) is 23.0 Å². The second-order valence-corrected chi connectivity index (χ2v) is 4.82. The average Bonchev–Trinajstić information content (AvgIpc) is 2.42. The van der Waals surface area contributed by atoms with Crippen LogP contribution in [-0.4, -0.2) is 24.4 Å². The average molecular weight is 315 g/mol. The van der Waals surface area contributed by atoms with Crippen LogP contribution in [0.2, 0.25) is 10.0 Å². The zero-order chi connectivity index (χ0) is 14.9. The molecule has 0 saturated heterocycles. The number of hydrogen-bond acceptors (Lipinski definition) is 4. The van der Waals surface area contributed by atoms with E-state index in [-0.39, 0.29) is 16.5 Å². The minimum Gasteiger partial charge on any atom is -0.507 e. The molecule has 0 heterocycles. The van der Waals surface area contributed by atoms with E-state index in [1.807, 2.05) is 0 Å². The van der Waals surface area contributed by atoms with E-state index in [4.69, 9.17) is 32.7 Å². The minimum atomic E-state index is -0.143. The second kappa shape index (κ2) is 5.69. The lowest BCUT2D eigenvalue weighted by Crippen LogP contribution is -1.92. The lowest BCUT2D eigenvalue weighted by Gasteiger charge is -2.14. The Labute approximate surface area is 126 Å². The van der Waals surface area contributed by atoms with Crippen molar-refractivity contribution in [1.29, 1.82) is 0 Å². The first-order chi connectivity index (χ1) is 9.47. The fourth-order valence-corrected chi connectivity index (χ4v) is 2.23. The van der Waals surface area contributed by atoms with Crippen molar-refractivity contribution in [2.75, 3.05) is 14.2 Å². The Morgan fingerprint density at radius 1 is 0.750 bits per heavy atom. The molecule has 0 radical (unpaired) electrons. The highest BCUT2D eigenvalue weighted by Gasteiger charge is 2.16. The molecule has 0 unspecified atom stereocenters. The lowest BCUT2D eigenvalue weighted by atomic mass is 10.0. The molecule has 2 aromatic carbocycles. The summed E-state index contributed by atoms with van der Waals surface area (Å²) in [4.78, 5) is 0. The van der Waals surface area contributed by atoms with Crippen LogP contribution in [0.4, 0.5) is 0 Å². The van der Waals surface area contributed by atoms with Gasteiger partial charge in [0.05, 0.1) is 24.3 Å². The van der Waals surface area contributed by atoms with Crippen molar-refractivity contribution >= 4 is 23.2 Å². The number of benzene rings is 2. The third kappa shape index (κ3) is 2.57. The van der Waals surface area contributed by atoms with Gasteiger partial charge in [0.25, 0.3) is 0 Å².